The standard InChI is InChI=1S/C35H68O4/c1-3-5-7-9-11-13-14-15-16-17-18-20-22-24-26-32-35(38)39-33(30-27-28-31-34(36)37)29-25-23-21-19-12-10-8-6-4-2/h33H,3-32H2,1-2H3,(H,36,37). The maximum absolute atomic E-state index is 12.5. The molecule has 39 heavy (non-hydrogen) atoms. The van der Waals surface area contributed by atoms with E-state index in [1.807, 2.05) is 0 Å². The maximum atomic E-state index is 12.5. The smallest absolute Gasteiger partial charge is 0.306 e. The molecule has 0 heterocycles. The summed E-state index contributed by atoms with van der Waals surface area (Å²) >= 11 is 0. The normalized spacial score (nSPS) is 12.1. The summed E-state index contributed by atoms with van der Waals surface area (Å²) in [6.07, 6.45) is 35.4. The maximum Gasteiger partial charge on any atom is 0.306 e. The van der Waals surface area contributed by atoms with Crippen LogP contribution in [0.15, 0.2) is 0 Å². The van der Waals surface area contributed by atoms with Crippen LogP contribution in [-0.2, 0) is 14.3 Å². The molecule has 0 aromatic heterocycles. The summed E-state index contributed by atoms with van der Waals surface area (Å²) in [6.45, 7) is 4.53. The first-order valence-electron chi connectivity index (χ1n) is 17.5. The number of carbonyl (C=O) groups excluding carboxylic acids is 1. The molecule has 4 nitrogen and oxygen atoms in total. The highest BCUT2D eigenvalue weighted by Gasteiger charge is 2.14. The summed E-state index contributed by atoms with van der Waals surface area (Å²) in [4.78, 5) is 23.3. The molecule has 0 aliphatic rings. The molecular formula is C35H68O4. The molecule has 0 fully saturated rings. The average Bonchev–Trinajstić information content (AvgIpc) is 2.92. The van der Waals surface area contributed by atoms with Crippen LogP contribution in [0.3, 0.4) is 0 Å². The number of carbonyl (C=O) groups is 2. The van der Waals surface area contributed by atoms with Crippen molar-refractivity contribution in [2.45, 2.75) is 213 Å². The van der Waals surface area contributed by atoms with Gasteiger partial charge in [0.2, 0.25) is 0 Å². The molecule has 1 atom stereocenters. The molecule has 0 radical (unpaired) electrons. The van der Waals surface area contributed by atoms with Crippen molar-refractivity contribution in [3.05, 3.63) is 0 Å². The molecule has 0 saturated carbocycles. The van der Waals surface area contributed by atoms with Crippen molar-refractivity contribution in [1.29, 1.82) is 0 Å². The number of carboxylic acids is 1. The van der Waals surface area contributed by atoms with E-state index in [0.29, 0.717) is 12.8 Å². The molecule has 0 bridgehead atoms. The molecule has 0 aliphatic carbocycles. The second kappa shape index (κ2) is 31.5. The molecule has 232 valence electrons. The first kappa shape index (κ1) is 37.9. The average molecular weight is 553 g/mol. The molecule has 1 N–H and O–H groups in total. The summed E-state index contributed by atoms with van der Waals surface area (Å²) in [5.74, 6) is -0.792. The van der Waals surface area contributed by atoms with Crippen LogP contribution in [0.25, 0.3) is 0 Å². The van der Waals surface area contributed by atoms with Crippen molar-refractivity contribution in [3.63, 3.8) is 0 Å². The van der Waals surface area contributed by atoms with Gasteiger partial charge < -0.3 is 9.84 Å². The third-order valence-corrected chi connectivity index (χ3v) is 8.08. The predicted molar refractivity (Wildman–Crippen MR) is 167 cm³/mol. The van der Waals surface area contributed by atoms with Crippen molar-refractivity contribution >= 4 is 11.9 Å². The van der Waals surface area contributed by atoms with Gasteiger partial charge in [-0.25, -0.2) is 0 Å². The van der Waals surface area contributed by atoms with Gasteiger partial charge in [0.05, 0.1) is 0 Å². The lowest BCUT2D eigenvalue weighted by Gasteiger charge is -2.18. The van der Waals surface area contributed by atoms with E-state index in [-0.39, 0.29) is 18.5 Å². The molecule has 0 aromatic rings. The van der Waals surface area contributed by atoms with E-state index in [4.69, 9.17) is 9.84 Å². The van der Waals surface area contributed by atoms with Crippen LogP contribution in [-0.4, -0.2) is 23.1 Å². The van der Waals surface area contributed by atoms with Crippen LogP contribution < -0.4 is 0 Å². The third-order valence-electron chi connectivity index (χ3n) is 8.08. The molecule has 0 aliphatic heterocycles. The van der Waals surface area contributed by atoms with Gasteiger partial charge >= 0.3 is 11.9 Å². The minimum atomic E-state index is -0.740. The van der Waals surface area contributed by atoms with Gasteiger partial charge in [-0.1, -0.05) is 155 Å². The highest BCUT2D eigenvalue weighted by atomic mass is 16.5. The fraction of sp³-hybridized carbons (Fsp3) is 0.943. The van der Waals surface area contributed by atoms with Crippen LogP contribution in [0.4, 0.5) is 0 Å². The van der Waals surface area contributed by atoms with E-state index in [0.717, 1.165) is 38.5 Å². The zero-order valence-electron chi connectivity index (χ0n) is 26.5. The van der Waals surface area contributed by atoms with E-state index < -0.39 is 5.97 Å². The molecular weight excluding hydrogens is 484 g/mol. The predicted octanol–water partition coefficient (Wildman–Crippen LogP) is 11.7. The van der Waals surface area contributed by atoms with Crippen LogP contribution in [0.2, 0.25) is 0 Å². The molecule has 1 unspecified atom stereocenters. The lowest BCUT2D eigenvalue weighted by atomic mass is 10.0. The Morgan fingerprint density at radius 1 is 0.462 bits per heavy atom. The first-order chi connectivity index (χ1) is 19.1. The number of hydrogen-bond acceptors (Lipinski definition) is 3. The van der Waals surface area contributed by atoms with Crippen molar-refractivity contribution in [3.8, 4) is 0 Å². The number of hydrogen-bond donors (Lipinski definition) is 1. The summed E-state index contributed by atoms with van der Waals surface area (Å²) in [5, 5.41) is 8.89. The van der Waals surface area contributed by atoms with Crippen molar-refractivity contribution in [2.24, 2.45) is 0 Å². The zero-order valence-corrected chi connectivity index (χ0v) is 26.5. The quantitative estimate of drug-likeness (QED) is 0.0665. The summed E-state index contributed by atoms with van der Waals surface area (Å²) in [5.41, 5.74) is 0. The number of aliphatic carboxylic acids is 1. The van der Waals surface area contributed by atoms with Crippen LogP contribution in [0.1, 0.15) is 206 Å². The lowest BCUT2D eigenvalue weighted by Crippen LogP contribution is -2.18. The van der Waals surface area contributed by atoms with E-state index in [1.165, 1.54) is 135 Å². The largest absolute Gasteiger partial charge is 0.481 e. The fourth-order valence-electron chi connectivity index (χ4n) is 5.48. The molecule has 0 saturated heterocycles. The van der Waals surface area contributed by atoms with Gasteiger partial charge in [0.1, 0.15) is 6.10 Å². The van der Waals surface area contributed by atoms with Crippen LogP contribution in [0, 0.1) is 0 Å². The number of unbranched alkanes of at least 4 members (excludes halogenated alkanes) is 23. The van der Waals surface area contributed by atoms with Crippen molar-refractivity contribution in [1.82, 2.24) is 0 Å². The van der Waals surface area contributed by atoms with E-state index in [1.54, 1.807) is 0 Å². The summed E-state index contributed by atoms with van der Waals surface area (Å²) in [7, 11) is 0. The Morgan fingerprint density at radius 3 is 1.15 bits per heavy atom. The van der Waals surface area contributed by atoms with Gasteiger partial charge in [-0.2, -0.15) is 0 Å². The van der Waals surface area contributed by atoms with E-state index in [9.17, 15) is 9.59 Å². The Kier molecular flexibility index (Phi) is 30.6. The number of esters is 1. The fourth-order valence-corrected chi connectivity index (χ4v) is 5.48. The summed E-state index contributed by atoms with van der Waals surface area (Å²) < 4.78 is 5.86. The van der Waals surface area contributed by atoms with Gasteiger partial charge in [-0.15, -0.1) is 0 Å². The van der Waals surface area contributed by atoms with Gasteiger partial charge in [0, 0.05) is 12.8 Å². The minimum Gasteiger partial charge on any atom is -0.481 e. The van der Waals surface area contributed by atoms with Gasteiger partial charge in [0.25, 0.3) is 0 Å². The highest BCUT2D eigenvalue weighted by molar-refractivity contribution is 5.69. The topological polar surface area (TPSA) is 63.6 Å². The molecule has 4 heteroatoms. The van der Waals surface area contributed by atoms with E-state index >= 15 is 0 Å². The first-order valence-corrected chi connectivity index (χ1v) is 17.5. The van der Waals surface area contributed by atoms with Crippen LogP contribution >= 0.6 is 0 Å². The van der Waals surface area contributed by atoms with E-state index in [2.05, 4.69) is 13.8 Å². The zero-order chi connectivity index (χ0) is 28.7. The van der Waals surface area contributed by atoms with Crippen molar-refractivity contribution < 1.29 is 19.4 Å². The minimum absolute atomic E-state index is 0.0350. The van der Waals surface area contributed by atoms with Gasteiger partial charge in [-0.3, -0.25) is 9.59 Å². The molecule has 0 rings (SSSR count). The van der Waals surface area contributed by atoms with Gasteiger partial charge in [-0.05, 0) is 38.5 Å². The highest BCUT2D eigenvalue weighted by Crippen LogP contribution is 2.18. The summed E-state index contributed by atoms with van der Waals surface area (Å²) in [6, 6.07) is 0. The monoisotopic (exact) mass is 553 g/mol. The van der Waals surface area contributed by atoms with Crippen molar-refractivity contribution in [2.75, 3.05) is 0 Å². The second-order valence-electron chi connectivity index (χ2n) is 12.1. The second-order valence-corrected chi connectivity index (χ2v) is 12.1. The Labute approximate surface area is 243 Å². The molecule has 0 aromatic carbocycles. The molecule has 0 amide bonds. The number of rotatable bonds is 32. The van der Waals surface area contributed by atoms with Gasteiger partial charge in [0.15, 0.2) is 0 Å². The Balaban J connectivity index is 3.82. The SMILES string of the molecule is CCCCCCCCCCCCCCCCCC(=O)OC(CCCCCCCCCCC)CCCCC(=O)O. The Hall–Kier alpha value is -1.06. The Morgan fingerprint density at radius 2 is 0.769 bits per heavy atom. The number of ether oxygens (including phenoxy) is 1. The lowest BCUT2D eigenvalue weighted by molar-refractivity contribution is -0.150. The number of carboxylic acid groups (broad SMARTS) is 1. The van der Waals surface area contributed by atoms with Crippen LogP contribution in [0.5, 0.6) is 0 Å². The molecule has 0 spiro atoms. The third kappa shape index (κ3) is 31.3. The Bertz CT molecular complexity index is 519.